The van der Waals surface area contributed by atoms with Crippen molar-refractivity contribution in [2.45, 2.75) is 46.7 Å². The fourth-order valence-corrected chi connectivity index (χ4v) is 3.95. The van der Waals surface area contributed by atoms with E-state index in [0.29, 0.717) is 24.2 Å². The van der Waals surface area contributed by atoms with Crippen LogP contribution in [0.15, 0.2) is 69.0 Å². The van der Waals surface area contributed by atoms with Gasteiger partial charge in [0.1, 0.15) is 0 Å². The molecule has 3 amide bonds. The second-order valence-electron chi connectivity index (χ2n) is 8.25. The highest BCUT2D eigenvalue weighted by atomic mass is 16.3. The first kappa shape index (κ1) is 28.7. The summed E-state index contributed by atoms with van der Waals surface area (Å²) in [5.41, 5.74) is 4.21. The number of hydrogen-bond donors (Lipinski definition) is 4. The van der Waals surface area contributed by atoms with Crippen LogP contribution in [0.3, 0.4) is 0 Å². The first-order valence-electron chi connectivity index (χ1n) is 12.2. The van der Waals surface area contributed by atoms with Gasteiger partial charge in [-0.05, 0) is 26.0 Å². The van der Waals surface area contributed by atoms with Gasteiger partial charge < -0.3 is 19.3 Å². The number of hydrazine groups is 1. The molecule has 0 atom stereocenters. The lowest BCUT2D eigenvalue weighted by atomic mass is 10.2. The highest BCUT2D eigenvalue weighted by molar-refractivity contribution is 5.96. The summed E-state index contributed by atoms with van der Waals surface area (Å²) in [4.78, 5) is 33.3. The number of hydrogen-bond acceptors (Lipinski definition) is 8. The number of benzene rings is 2. The lowest BCUT2D eigenvalue weighted by Gasteiger charge is -2.00. The van der Waals surface area contributed by atoms with Gasteiger partial charge in [-0.1, -0.05) is 36.4 Å². The van der Waals surface area contributed by atoms with Crippen molar-refractivity contribution in [3.63, 3.8) is 0 Å². The first-order valence-corrected chi connectivity index (χ1v) is 12.2. The van der Waals surface area contributed by atoms with Crippen molar-refractivity contribution < 1.29 is 24.6 Å². The zero-order valence-electron chi connectivity index (χ0n) is 21.8. The molecule has 13 nitrogen and oxygen atoms in total. The first-order chi connectivity index (χ1) is 18.7. The monoisotopic (exact) mass is 534 g/mol. The van der Waals surface area contributed by atoms with Crippen molar-refractivity contribution in [2.75, 3.05) is 0 Å². The number of amides is 3. The Balaban J connectivity index is 0.000000223. The van der Waals surface area contributed by atoms with Gasteiger partial charge in [0.25, 0.3) is 11.8 Å². The molecule has 204 valence electrons. The number of azo groups is 2. The number of rotatable bonds is 7. The third-order valence-electron chi connectivity index (χ3n) is 5.75. The van der Waals surface area contributed by atoms with Gasteiger partial charge in [0, 0.05) is 43.6 Å². The van der Waals surface area contributed by atoms with Gasteiger partial charge in [-0.15, -0.1) is 20.5 Å². The summed E-state index contributed by atoms with van der Waals surface area (Å²) >= 11 is 0. The van der Waals surface area contributed by atoms with Crippen LogP contribution in [0.2, 0.25) is 0 Å². The molecule has 0 saturated heterocycles. The number of aromatic nitrogens is 2. The minimum Gasteiger partial charge on any atom is -0.493 e. The van der Waals surface area contributed by atoms with Crippen molar-refractivity contribution in [2.24, 2.45) is 26.3 Å². The van der Waals surface area contributed by atoms with Gasteiger partial charge >= 0.3 is 0 Å². The topological polar surface area (TPSA) is 189 Å². The normalized spacial score (nSPS) is 11.3. The molecule has 5 N–H and O–H groups in total. The van der Waals surface area contributed by atoms with Crippen molar-refractivity contribution in [1.29, 1.82) is 0 Å². The Labute approximate surface area is 223 Å². The van der Waals surface area contributed by atoms with Crippen LogP contribution in [-0.4, -0.2) is 37.1 Å². The molecule has 0 unspecified atom stereocenters. The molecule has 2 aromatic carbocycles. The zero-order valence-corrected chi connectivity index (χ0v) is 21.8. The predicted octanol–water partition coefficient (Wildman–Crippen LogP) is 4.74. The van der Waals surface area contributed by atoms with Crippen LogP contribution in [0, 0.1) is 0 Å². The summed E-state index contributed by atoms with van der Waals surface area (Å²) in [5.74, 6) is 3.52. The maximum atomic E-state index is 11.6. The molecule has 0 radical (unpaired) electrons. The molecule has 2 heterocycles. The lowest BCUT2D eigenvalue weighted by molar-refractivity contribution is -0.125. The maximum absolute atomic E-state index is 11.6. The van der Waals surface area contributed by atoms with Gasteiger partial charge in [-0.25, -0.2) is 5.84 Å². The second-order valence-corrected chi connectivity index (χ2v) is 8.25. The number of para-hydroxylation sites is 2. The molecule has 39 heavy (non-hydrogen) atoms. The summed E-state index contributed by atoms with van der Waals surface area (Å²) in [5, 5.41) is 36.4. The molecule has 2 aromatic heterocycles. The number of nitrogens with zero attached hydrogens (tertiary/aromatic N) is 6. The Bertz CT molecular complexity index is 1570. The van der Waals surface area contributed by atoms with Crippen LogP contribution in [0.25, 0.3) is 21.8 Å². The molecule has 0 aliphatic carbocycles. The molecule has 0 spiro atoms. The largest absolute Gasteiger partial charge is 0.493 e. The lowest BCUT2D eigenvalue weighted by Crippen LogP contribution is -2.30. The Morgan fingerprint density at radius 2 is 1.26 bits per heavy atom. The molecule has 4 rings (SSSR count). The Kier molecular flexibility index (Phi) is 9.59. The molecule has 0 fully saturated rings. The van der Waals surface area contributed by atoms with E-state index in [1.807, 2.05) is 61.7 Å². The van der Waals surface area contributed by atoms with E-state index in [4.69, 9.17) is 5.84 Å². The molecule has 4 aromatic rings. The van der Waals surface area contributed by atoms with E-state index in [9.17, 15) is 24.6 Å². The number of aryl methyl sites for hydroxylation is 2. The van der Waals surface area contributed by atoms with Crippen LogP contribution < -0.4 is 11.3 Å². The van der Waals surface area contributed by atoms with E-state index in [2.05, 4.69) is 20.5 Å². The zero-order chi connectivity index (χ0) is 28.5. The standard InChI is InChI=1S/C14H17N5O3.C12H13N3O2/c1-2-19-10-6-4-3-5-9(10)13(14(19)22)18-17-12(21)8-7-11(20)16-15;1-3-15-10-7-5-4-6-9(10)11(12(15)17)14-13-8(2)16/h3-6,22H,2,7-8,15H2,1H3,(H,16,20);4-7,17H,3H2,1-2H3. The average Bonchev–Trinajstić information content (AvgIpc) is 3.37. The summed E-state index contributed by atoms with van der Waals surface area (Å²) in [7, 11) is 0. The Morgan fingerprint density at radius 3 is 1.69 bits per heavy atom. The van der Waals surface area contributed by atoms with E-state index < -0.39 is 17.7 Å². The maximum Gasteiger partial charge on any atom is 0.265 e. The van der Waals surface area contributed by atoms with E-state index in [1.54, 1.807) is 15.2 Å². The average molecular weight is 535 g/mol. The number of fused-ring (bicyclic) bond motifs is 2. The van der Waals surface area contributed by atoms with Gasteiger partial charge in [0.2, 0.25) is 17.7 Å². The smallest absolute Gasteiger partial charge is 0.265 e. The minimum atomic E-state index is -0.559. The number of nitrogens with one attached hydrogen (secondary N) is 1. The summed E-state index contributed by atoms with van der Waals surface area (Å²) in [6, 6.07) is 14.8. The second kappa shape index (κ2) is 13.1. The number of nitrogens with two attached hydrogens (primary N) is 1. The summed E-state index contributed by atoms with van der Waals surface area (Å²) in [6.45, 7) is 6.33. The van der Waals surface area contributed by atoms with Crippen LogP contribution >= 0.6 is 0 Å². The molecule has 0 bridgehead atoms. The quantitative estimate of drug-likeness (QED) is 0.115. The molecule has 0 saturated carbocycles. The van der Waals surface area contributed by atoms with Crippen molar-refractivity contribution >= 4 is 50.9 Å². The van der Waals surface area contributed by atoms with Crippen molar-refractivity contribution in [3.8, 4) is 11.8 Å². The number of aromatic hydroxyl groups is 2. The van der Waals surface area contributed by atoms with Crippen molar-refractivity contribution in [1.82, 2.24) is 14.6 Å². The van der Waals surface area contributed by atoms with Gasteiger partial charge in [-0.2, -0.15) is 0 Å². The SMILES string of the molecule is CCn1c(O)c(N=NC(=O)CCC(=O)NN)c2ccccc21.CCn1c(O)c(N=NC(C)=O)c2ccccc21. The van der Waals surface area contributed by atoms with Crippen LogP contribution in [-0.2, 0) is 27.5 Å². The minimum absolute atomic E-state index is 0.0405. The highest BCUT2D eigenvalue weighted by Crippen LogP contribution is 2.39. The molecular weight excluding hydrogens is 504 g/mol. The van der Waals surface area contributed by atoms with E-state index >= 15 is 0 Å². The Morgan fingerprint density at radius 1 is 0.795 bits per heavy atom. The summed E-state index contributed by atoms with van der Waals surface area (Å²) < 4.78 is 3.40. The molecule has 0 aliphatic heterocycles. The van der Waals surface area contributed by atoms with E-state index in [-0.39, 0.29) is 30.3 Å². The number of carbonyl (C=O) groups is 3. The fourth-order valence-electron chi connectivity index (χ4n) is 3.95. The van der Waals surface area contributed by atoms with Crippen LogP contribution in [0.1, 0.15) is 33.6 Å². The van der Waals surface area contributed by atoms with E-state index in [0.717, 1.165) is 16.4 Å². The van der Waals surface area contributed by atoms with E-state index in [1.165, 1.54) is 6.92 Å². The fraction of sp³-hybridized carbons (Fsp3) is 0.269. The third kappa shape index (κ3) is 6.51. The van der Waals surface area contributed by atoms with Crippen molar-refractivity contribution in [3.05, 3.63) is 48.5 Å². The predicted molar refractivity (Wildman–Crippen MR) is 145 cm³/mol. The summed E-state index contributed by atoms with van der Waals surface area (Å²) in [6.07, 6.45) is -0.156. The highest BCUT2D eigenvalue weighted by Gasteiger charge is 2.16. The molecular formula is C26H30N8O5. The van der Waals surface area contributed by atoms with Gasteiger partial charge in [0.15, 0.2) is 11.4 Å². The third-order valence-corrected chi connectivity index (χ3v) is 5.75. The van der Waals surface area contributed by atoms with Gasteiger partial charge in [-0.3, -0.25) is 19.8 Å². The molecule has 0 aliphatic rings. The van der Waals surface area contributed by atoms with Crippen LogP contribution in [0.4, 0.5) is 11.4 Å². The Hall–Kier alpha value is -4.91. The van der Waals surface area contributed by atoms with Crippen LogP contribution in [0.5, 0.6) is 11.8 Å². The molecule has 13 heteroatoms. The van der Waals surface area contributed by atoms with Gasteiger partial charge in [0.05, 0.1) is 11.0 Å². The number of carbonyl (C=O) groups excluding carboxylic acids is 3.